The van der Waals surface area contributed by atoms with E-state index in [0.717, 1.165) is 22.8 Å². The third-order valence-corrected chi connectivity index (χ3v) is 1.70. The molecule has 1 aromatic carbocycles. The summed E-state index contributed by atoms with van der Waals surface area (Å²) in [5, 5.41) is 3.59. The van der Waals surface area contributed by atoms with E-state index in [0.29, 0.717) is 0 Å². The second-order valence-electron chi connectivity index (χ2n) is 2.76. The van der Waals surface area contributed by atoms with Gasteiger partial charge in [0.15, 0.2) is 0 Å². The first-order valence-corrected chi connectivity index (χ1v) is 5.32. The van der Waals surface area contributed by atoms with Gasteiger partial charge >= 0.3 is 0 Å². The fourth-order valence-electron chi connectivity index (χ4n) is 0.907. The number of hydrogen-bond donors (Lipinski definition) is 2. The smallest absolute Gasteiger partial charge is 0.118 e. The van der Waals surface area contributed by atoms with Gasteiger partial charge in [0, 0.05) is 0 Å². The molecule has 4 heteroatoms. The molecule has 0 aliphatic heterocycles. The Morgan fingerprint density at radius 1 is 1.40 bits per heavy atom. The van der Waals surface area contributed by atoms with E-state index in [1.165, 1.54) is 0 Å². The molecule has 0 saturated carbocycles. The normalized spacial score (nSPS) is 10.3. The van der Waals surface area contributed by atoms with Gasteiger partial charge in [0.25, 0.3) is 0 Å². The third-order valence-electron chi connectivity index (χ3n) is 1.70. The summed E-state index contributed by atoms with van der Waals surface area (Å²) >= 11 is 3.79. The van der Waals surface area contributed by atoms with Crippen LogP contribution in [-0.2, 0) is 0 Å². The molecule has 1 aromatic rings. The van der Waals surface area contributed by atoms with E-state index in [1.807, 2.05) is 38.1 Å². The summed E-state index contributed by atoms with van der Waals surface area (Å²) in [4.78, 5) is 0. The van der Waals surface area contributed by atoms with Crippen LogP contribution in [0.1, 0.15) is 19.4 Å². The monoisotopic (exact) mass is 226 g/mol. The van der Waals surface area contributed by atoms with Crippen molar-refractivity contribution in [3.05, 3.63) is 29.8 Å². The van der Waals surface area contributed by atoms with E-state index in [1.54, 1.807) is 7.11 Å². The minimum Gasteiger partial charge on any atom is -0.497 e. The zero-order valence-electron chi connectivity index (χ0n) is 9.40. The van der Waals surface area contributed by atoms with Crippen LogP contribution < -0.4 is 10.6 Å². The second kappa shape index (κ2) is 8.17. The molecule has 3 nitrogen and oxygen atoms in total. The van der Waals surface area contributed by atoms with E-state index < -0.39 is 0 Å². The van der Waals surface area contributed by atoms with Gasteiger partial charge in [-0.3, -0.25) is 0 Å². The predicted molar refractivity (Wildman–Crippen MR) is 68.9 cm³/mol. The fraction of sp³-hybridized carbons (Fsp3) is 0.364. The summed E-state index contributed by atoms with van der Waals surface area (Å²) in [6.07, 6.45) is 0. The Balaban J connectivity index is 0.000000583. The van der Waals surface area contributed by atoms with Crippen LogP contribution in [0.4, 0.5) is 0 Å². The van der Waals surface area contributed by atoms with E-state index >= 15 is 0 Å². The molecule has 0 saturated heterocycles. The SMILES string of the molecule is CCS.COc1ccc(/C(C)=N\N)cc1. The lowest BCUT2D eigenvalue weighted by atomic mass is 10.1. The Bertz CT molecular complexity index is 296. The van der Waals surface area contributed by atoms with Crippen LogP contribution >= 0.6 is 12.6 Å². The summed E-state index contributed by atoms with van der Waals surface area (Å²) in [6.45, 7) is 3.85. The molecule has 0 amide bonds. The Morgan fingerprint density at radius 2 is 1.87 bits per heavy atom. The minimum absolute atomic E-state index is 0.817. The zero-order chi connectivity index (χ0) is 11.7. The summed E-state index contributed by atoms with van der Waals surface area (Å²) in [5.41, 5.74) is 1.83. The van der Waals surface area contributed by atoms with Crippen LogP contribution in [0.25, 0.3) is 0 Å². The van der Waals surface area contributed by atoms with Gasteiger partial charge in [-0.1, -0.05) is 6.92 Å². The van der Waals surface area contributed by atoms with Gasteiger partial charge in [0.1, 0.15) is 5.75 Å². The van der Waals surface area contributed by atoms with Gasteiger partial charge in [-0.2, -0.15) is 17.7 Å². The molecule has 0 bridgehead atoms. The fourth-order valence-corrected chi connectivity index (χ4v) is 0.907. The first-order chi connectivity index (χ1) is 7.19. The minimum atomic E-state index is 0.817. The number of thiol groups is 1. The molecule has 0 aliphatic carbocycles. The van der Waals surface area contributed by atoms with Crippen LogP contribution in [0.2, 0.25) is 0 Å². The average Bonchev–Trinajstić information content (AvgIpc) is 2.29. The number of nitrogens with zero attached hydrogens (tertiary/aromatic N) is 1. The van der Waals surface area contributed by atoms with Crippen molar-refractivity contribution in [1.82, 2.24) is 0 Å². The molecule has 1 rings (SSSR count). The topological polar surface area (TPSA) is 47.6 Å². The Labute approximate surface area is 96.7 Å². The Hall–Kier alpha value is -1.16. The summed E-state index contributed by atoms with van der Waals surface area (Å²) in [6, 6.07) is 7.60. The van der Waals surface area contributed by atoms with Crippen molar-refractivity contribution < 1.29 is 4.74 Å². The molecular weight excluding hydrogens is 208 g/mol. The van der Waals surface area contributed by atoms with Gasteiger partial charge in [0.05, 0.1) is 12.8 Å². The van der Waals surface area contributed by atoms with Crippen molar-refractivity contribution in [2.45, 2.75) is 13.8 Å². The molecule has 0 heterocycles. The van der Waals surface area contributed by atoms with Crippen LogP contribution in [0.15, 0.2) is 29.4 Å². The van der Waals surface area contributed by atoms with Gasteiger partial charge in [-0.15, -0.1) is 0 Å². The van der Waals surface area contributed by atoms with Gasteiger partial charge in [-0.05, 0) is 42.5 Å². The molecule has 0 atom stereocenters. The second-order valence-corrected chi connectivity index (χ2v) is 3.39. The molecule has 0 fully saturated rings. The van der Waals surface area contributed by atoms with Crippen LogP contribution in [0.3, 0.4) is 0 Å². The quantitative estimate of drug-likeness (QED) is 0.352. The zero-order valence-corrected chi connectivity index (χ0v) is 10.3. The molecule has 84 valence electrons. The maximum absolute atomic E-state index is 5.13. The maximum Gasteiger partial charge on any atom is 0.118 e. The van der Waals surface area contributed by atoms with Crippen molar-refractivity contribution in [2.24, 2.45) is 10.9 Å². The van der Waals surface area contributed by atoms with E-state index in [-0.39, 0.29) is 0 Å². The Morgan fingerprint density at radius 3 is 2.20 bits per heavy atom. The van der Waals surface area contributed by atoms with Crippen molar-refractivity contribution in [3.8, 4) is 5.75 Å². The van der Waals surface area contributed by atoms with Gasteiger partial charge in [0.2, 0.25) is 0 Å². The standard InChI is InChI=1S/C9H12N2O.C2H6S/c1-7(11-10)8-3-5-9(12-2)6-4-8;1-2-3/h3-6H,10H2,1-2H3;3H,2H2,1H3/b11-7-;. The first kappa shape index (κ1) is 13.8. The highest BCUT2D eigenvalue weighted by Gasteiger charge is 1.96. The summed E-state index contributed by atoms with van der Waals surface area (Å²) in [5.74, 6) is 6.91. The molecule has 2 N–H and O–H groups in total. The number of ether oxygens (including phenoxy) is 1. The number of benzene rings is 1. The molecule has 0 aromatic heterocycles. The molecule has 0 aliphatic rings. The lowest BCUT2D eigenvalue weighted by molar-refractivity contribution is 0.415. The number of hydrazone groups is 1. The third kappa shape index (κ3) is 5.32. The van der Waals surface area contributed by atoms with E-state index in [9.17, 15) is 0 Å². The van der Waals surface area contributed by atoms with E-state index in [2.05, 4.69) is 17.7 Å². The first-order valence-electron chi connectivity index (χ1n) is 4.69. The lowest BCUT2D eigenvalue weighted by Gasteiger charge is -2.01. The molecule has 0 radical (unpaired) electrons. The summed E-state index contributed by atoms with van der Waals surface area (Å²) < 4.78 is 5.01. The molecule has 0 spiro atoms. The number of methoxy groups -OCH3 is 1. The predicted octanol–water partition coefficient (Wildman–Crippen LogP) is 2.31. The van der Waals surface area contributed by atoms with Crippen molar-refractivity contribution in [1.29, 1.82) is 0 Å². The van der Waals surface area contributed by atoms with Gasteiger partial charge in [-0.25, -0.2) is 0 Å². The van der Waals surface area contributed by atoms with Crippen LogP contribution in [-0.4, -0.2) is 18.6 Å². The van der Waals surface area contributed by atoms with Crippen molar-refractivity contribution >= 4 is 18.3 Å². The van der Waals surface area contributed by atoms with Gasteiger partial charge < -0.3 is 10.6 Å². The number of nitrogens with two attached hydrogens (primary N) is 1. The molecule has 0 unspecified atom stereocenters. The van der Waals surface area contributed by atoms with Crippen LogP contribution in [0.5, 0.6) is 5.75 Å². The summed E-state index contributed by atoms with van der Waals surface area (Å²) in [7, 11) is 1.64. The van der Waals surface area contributed by atoms with Crippen LogP contribution in [0, 0.1) is 0 Å². The molecular formula is C11H18N2OS. The highest BCUT2D eigenvalue weighted by atomic mass is 32.1. The van der Waals surface area contributed by atoms with Crippen molar-refractivity contribution in [2.75, 3.05) is 12.9 Å². The number of hydrogen-bond acceptors (Lipinski definition) is 4. The number of rotatable bonds is 2. The highest BCUT2D eigenvalue weighted by molar-refractivity contribution is 7.80. The maximum atomic E-state index is 5.13. The largest absolute Gasteiger partial charge is 0.497 e. The van der Waals surface area contributed by atoms with E-state index in [4.69, 9.17) is 10.6 Å². The lowest BCUT2D eigenvalue weighted by Crippen LogP contribution is -1.98. The average molecular weight is 226 g/mol. The Kier molecular flexibility index (Phi) is 7.54. The van der Waals surface area contributed by atoms with Crippen molar-refractivity contribution in [3.63, 3.8) is 0 Å². The molecule has 15 heavy (non-hydrogen) atoms. The highest BCUT2D eigenvalue weighted by Crippen LogP contribution is 2.11.